The van der Waals surface area contributed by atoms with Crippen molar-refractivity contribution in [2.24, 2.45) is 5.92 Å². The number of rotatable bonds is 10. The van der Waals surface area contributed by atoms with Gasteiger partial charge in [0.15, 0.2) is 0 Å². The zero-order valence-electron chi connectivity index (χ0n) is 16.8. The Labute approximate surface area is 167 Å². The van der Waals surface area contributed by atoms with Gasteiger partial charge in [-0.05, 0) is 30.5 Å². The molecule has 0 aliphatic rings. The van der Waals surface area contributed by atoms with E-state index in [9.17, 15) is 9.59 Å². The van der Waals surface area contributed by atoms with Crippen molar-refractivity contribution in [3.63, 3.8) is 0 Å². The van der Waals surface area contributed by atoms with Gasteiger partial charge in [0.2, 0.25) is 6.10 Å². The van der Waals surface area contributed by atoms with Gasteiger partial charge >= 0.3 is 11.9 Å². The van der Waals surface area contributed by atoms with Gasteiger partial charge in [-0.25, -0.2) is 4.79 Å². The number of hydrogen-bond donors (Lipinski definition) is 1. The molecule has 150 valence electrons. The van der Waals surface area contributed by atoms with E-state index < -0.39 is 24.1 Å². The largest absolute Gasteiger partial charge is 0.458 e. The standard InChI is InChI=1S/C23H29NO4/c1-17(2)14-20(24-3)22(25)28-21(15-18-10-6-4-7-11-18)23(26)27-16-19-12-8-5-9-13-19/h4-13,17,20-21,24H,14-16H2,1-3H3. The van der Waals surface area contributed by atoms with Gasteiger partial charge in [-0.3, -0.25) is 4.79 Å². The van der Waals surface area contributed by atoms with Crippen LogP contribution >= 0.6 is 0 Å². The first-order valence-corrected chi connectivity index (χ1v) is 9.61. The van der Waals surface area contributed by atoms with Gasteiger partial charge in [-0.2, -0.15) is 0 Å². The normalized spacial score (nSPS) is 13.0. The van der Waals surface area contributed by atoms with Gasteiger partial charge in [0.05, 0.1) is 0 Å². The highest BCUT2D eigenvalue weighted by atomic mass is 16.6. The topological polar surface area (TPSA) is 64.6 Å². The monoisotopic (exact) mass is 383 g/mol. The van der Waals surface area contributed by atoms with Crippen molar-refractivity contribution in [1.82, 2.24) is 5.32 Å². The Bertz CT molecular complexity index is 731. The van der Waals surface area contributed by atoms with Crippen LogP contribution in [-0.2, 0) is 32.1 Å². The Morgan fingerprint density at radius 2 is 1.46 bits per heavy atom. The van der Waals surface area contributed by atoms with Crippen LogP contribution in [0, 0.1) is 5.92 Å². The first kappa shape index (κ1) is 21.6. The average molecular weight is 383 g/mol. The van der Waals surface area contributed by atoms with Crippen molar-refractivity contribution < 1.29 is 19.1 Å². The van der Waals surface area contributed by atoms with E-state index in [2.05, 4.69) is 5.32 Å². The molecule has 0 bridgehead atoms. The minimum atomic E-state index is -0.985. The molecule has 0 aromatic heterocycles. The van der Waals surface area contributed by atoms with Crippen LogP contribution in [0.5, 0.6) is 0 Å². The zero-order chi connectivity index (χ0) is 20.4. The van der Waals surface area contributed by atoms with Crippen molar-refractivity contribution in [2.75, 3.05) is 7.05 Å². The van der Waals surface area contributed by atoms with E-state index in [-0.39, 0.29) is 13.0 Å². The second-order valence-corrected chi connectivity index (χ2v) is 7.18. The van der Waals surface area contributed by atoms with E-state index >= 15 is 0 Å². The van der Waals surface area contributed by atoms with Gasteiger partial charge in [0, 0.05) is 6.42 Å². The molecule has 28 heavy (non-hydrogen) atoms. The third kappa shape index (κ3) is 7.16. The van der Waals surface area contributed by atoms with Crippen LogP contribution in [0.15, 0.2) is 60.7 Å². The van der Waals surface area contributed by atoms with Crippen LogP contribution in [0.25, 0.3) is 0 Å². The number of hydrogen-bond acceptors (Lipinski definition) is 5. The van der Waals surface area contributed by atoms with E-state index in [1.54, 1.807) is 7.05 Å². The molecule has 2 atom stereocenters. The van der Waals surface area contributed by atoms with Crippen molar-refractivity contribution >= 4 is 11.9 Å². The minimum absolute atomic E-state index is 0.143. The third-order valence-electron chi connectivity index (χ3n) is 4.35. The Hall–Kier alpha value is -2.66. The molecule has 0 heterocycles. The fourth-order valence-electron chi connectivity index (χ4n) is 2.85. The summed E-state index contributed by atoms with van der Waals surface area (Å²) in [4.78, 5) is 25.3. The molecule has 2 aromatic carbocycles. The molecular formula is C23H29NO4. The lowest BCUT2D eigenvalue weighted by atomic mass is 10.0. The maximum atomic E-state index is 12.7. The van der Waals surface area contributed by atoms with Crippen LogP contribution in [0.2, 0.25) is 0 Å². The molecule has 5 nitrogen and oxygen atoms in total. The number of likely N-dealkylation sites (N-methyl/N-ethyl adjacent to an activating group) is 1. The maximum absolute atomic E-state index is 12.7. The van der Waals surface area contributed by atoms with Gasteiger partial charge in [-0.15, -0.1) is 0 Å². The molecule has 0 fully saturated rings. The SMILES string of the molecule is CNC(CC(C)C)C(=O)OC(Cc1ccccc1)C(=O)OCc1ccccc1. The number of carbonyl (C=O) groups excluding carboxylic acids is 2. The summed E-state index contributed by atoms with van der Waals surface area (Å²) in [5.41, 5.74) is 1.79. The molecule has 5 heteroatoms. The molecule has 0 aliphatic heterocycles. The van der Waals surface area contributed by atoms with E-state index in [0.717, 1.165) is 11.1 Å². The highest BCUT2D eigenvalue weighted by Gasteiger charge is 2.29. The Balaban J connectivity index is 2.07. The lowest BCUT2D eigenvalue weighted by Crippen LogP contribution is -2.41. The van der Waals surface area contributed by atoms with E-state index in [4.69, 9.17) is 9.47 Å². The first-order valence-electron chi connectivity index (χ1n) is 9.61. The van der Waals surface area contributed by atoms with Gasteiger partial charge < -0.3 is 14.8 Å². The van der Waals surface area contributed by atoms with Crippen LogP contribution in [0.4, 0.5) is 0 Å². The Morgan fingerprint density at radius 1 is 0.893 bits per heavy atom. The van der Waals surface area contributed by atoms with Crippen molar-refractivity contribution in [3.05, 3.63) is 71.8 Å². The summed E-state index contributed by atoms with van der Waals surface area (Å²) in [6, 6.07) is 18.4. The Kier molecular flexibility index (Phi) is 8.69. The van der Waals surface area contributed by atoms with Gasteiger partial charge in [0.25, 0.3) is 0 Å². The van der Waals surface area contributed by atoms with Crippen LogP contribution in [0.1, 0.15) is 31.4 Å². The molecule has 2 rings (SSSR count). The molecule has 0 saturated carbocycles. The second kappa shape index (κ2) is 11.2. The van der Waals surface area contributed by atoms with Crippen LogP contribution in [-0.4, -0.2) is 31.1 Å². The molecule has 0 saturated heterocycles. The number of ether oxygens (including phenoxy) is 2. The summed E-state index contributed by atoms with van der Waals surface area (Å²) in [6.07, 6.45) is -0.0771. The molecular weight excluding hydrogens is 354 g/mol. The lowest BCUT2D eigenvalue weighted by molar-refractivity contribution is -0.170. The number of benzene rings is 2. The van der Waals surface area contributed by atoms with Crippen molar-refractivity contribution in [1.29, 1.82) is 0 Å². The Morgan fingerprint density at radius 3 is 2.00 bits per heavy atom. The highest BCUT2D eigenvalue weighted by molar-refractivity contribution is 5.82. The molecule has 1 N–H and O–H groups in total. The summed E-state index contributed by atoms with van der Waals surface area (Å²) in [7, 11) is 1.72. The third-order valence-corrected chi connectivity index (χ3v) is 4.35. The summed E-state index contributed by atoms with van der Waals surface area (Å²) in [5, 5.41) is 2.97. The molecule has 2 unspecified atom stereocenters. The quantitative estimate of drug-likeness (QED) is 0.636. The summed E-state index contributed by atoms with van der Waals surface area (Å²) in [5.74, 6) is -0.656. The van der Waals surface area contributed by atoms with Crippen molar-refractivity contribution in [3.8, 4) is 0 Å². The van der Waals surface area contributed by atoms with Gasteiger partial charge in [-0.1, -0.05) is 74.5 Å². The number of nitrogens with one attached hydrogen (secondary N) is 1. The zero-order valence-corrected chi connectivity index (χ0v) is 16.8. The number of carbonyl (C=O) groups is 2. The molecule has 0 aliphatic carbocycles. The van der Waals surface area contributed by atoms with E-state index in [1.807, 2.05) is 74.5 Å². The lowest BCUT2D eigenvalue weighted by Gasteiger charge is -2.22. The van der Waals surface area contributed by atoms with Crippen LogP contribution in [0.3, 0.4) is 0 Å². The smallest absolute Gasteiger partial charge is 0.348 e. The predicted octanol–water partition coefficient (Wildman–Crippen LogP) is 3.52. The number of esters is 2. The first-order chi connectivity index (χ1) is 13.5. The maximum Gasteiger partial charge on any atom is 0.348 e. The van der Waals surface area contributed by atoms with E-state index in [0.29, 0.717) is 12.3 Å². The minimum Gasteiger partial charge on any atom is -0.458 e. The van der Waals surface area contributed by atoms with Gasteiger partial charge in [0.1, 0.15) is 12.6 Å². The van der Waals surface area contributed by atoms with E-state index in [1.165, 1.54) is 0 Å². The molecule has 0 amide bonds. The fraction of sp³-hybridized carbons (Fsp3) is 0.391. The molecule has 2 aromatic rings. The molecule has 0 radical (unpaired) electrons. The fourth-order valence-corrected chi connectivity index (χ4v) is 2.85. The highest BCUT2D eigenvalue weighted by Crippen LogP contribution is 2.13. The summed E-state index contributed by atoms with van der Waals surface area (Å²) in [6.45, 7) is 4.21. The van der Waals surface area contributed by atoms with Crippen molar-refractivity contribution in [2.45, 2.75) is 45.4 Å². The average Bonchev–Trinajstić information content (AvgIpc) is 2.71. The predicted molar refractivity (Wildman–Crippen MR) is 109 cm³/mol. The van der Waals surface area contributed by atoms with Crippen LogP contribution < -0.4 is 5.32 Å². The summed E-state index contributed by atoms with van der Waals surface area (Å²) >= 11 is 0. The summed E-state index contributed by atoms with van der Waals surface area (Å²) < 4.78 is 11.0. The second-order valence-electron chi connectivity index (χ2n) is 7.18. The molecule has 0 spiro atoms.